The Morgan fingerprint density at radius 1 is 0.879 bits per heavy atom. The molecule has 168 valence electrons. The highest BCUT2D eigenvalue weighted by atomic mass is 35.5. The monoisotopic (exact) mass is 466 g/mol. The Morgan fingerprint density at radius 3 is 2.27 bits per heavy atom. The molecule has 0 aliphatic rings. The third-order valence-electron chi connectivity index (χ3n) is 4.65. The average molecular weight is 467 g/mol. The van der Waals surface area contributed by atoms with Gasteiger partial charge in [-0.3, -0.25) is 35.3 Å². The van der Waals surface area contributed by atoms with E-state index in [1.54, 1.807) is 54.6 Å². The topological polar surface area (TPSA) is 130 Å². The number of nitrogens with one attached hydrogen (secondary N) is 3. The highest BCUT2D eigenvalue weighted by molar-refractivity contribution is 6.33. The minimum Gasteiger partial charge on any atom is -0.345 e. The molecule has 0 fully saturated rings. The second-order valence-corrected chi connectivity index (χ2v) is 7.34. The summed E-state index contributed by atoms with van der Waals surface area (Å²) >= 11 is 6.10. The van der Waals surface area contributed by atoms with Gasteiger partial charge in [-0.15, -0.1) is 0 Å². The minimum absolute atomic E-state index is 0.0103. The SMILES string of the molecule is O=C(CC(NC(=O)c1ccccc1Cl)c1ccccc1)NNC(=O)c1cccc([N+](=O)[O-])c1. The Hall–Kier alpha value is -4.24. The van der Waals surface area contributed by atoms with E-state index in [2.05, 4.69) is 16.2 Å². The van der Waals surface area contributed by atoms with Crippen molar-refractivity contribution in [2.75, 3.05) is 0 Å². The zero-order chi connectivity index (χ0) is 23.8. The molecule has 3 rings (SSSR count). The van der Waals surface area contributed by atoms with Crippen molar-refractivity contribution in [3.63, 3.8) is 0 Å². The van der Waals surface area contributed by atoms with Gasteiger partial charge < -0.3 is 5.32 Å². The van der Waals surface area contributed by atoms with Crippen molar-refractivity contribution < 1.29 is 19.3 Å². The van der Waals surface area contributed by atoms with Crippen LogP contribution in [0.3, 0.4) is 0 Å². The fraction of sp³-hybridized carbons (Fsp3) is 0.0870. The molecular formula is C23H19ClN4O5. The number of nitro groups is 1. The number of nitro benzene ring substituents is 1. The first-order valence-electron chi connectivity index (χ1n) is 9.79. The Balaban J connectivity index is 1.67. The van der Waals surface area contributed by atoms with Gasteiger partial charge in [0.15, 0.2) is 0 Å². The van der Waals surface area contributed by atoms with Crippen LogP contribution in [0.4, 0.5) is 5.69 Å². The van der Waals surface area contributed by atoms with Gasteiger partial charge in [-0.25, -0.2) is 0 Å². The van der Waals surface area contributed by atoms with E-state index in [9.17, 15) is 24.5 Å². The van der Waals surface area contributed by atoms with Crippen molar-refractivity contribution in [3.8, 4) is 0 Å². The van der Waals surface area contributed by atoms with Gasteiger partial charge in [-0.05, 0) is 23.8 Å². The molecule has 3 aromatic rings. The number of hydrogen-bond donors (Lipinski definition) is 3. The number of rotatable bonds is 7. The zero-order valence-corrected chi connectivity index (χ0v) is 17.9. The maximum atomic E-state index is 12.7. The maximum Gasteiger partial charge on any atom is 0.270 e. The predicted octanol–water partition coefficient (Wildman–Crippen LogP) is 3.57. The van der Waals surface area contributed by atoms with Crippen LogP contribution in [0, 0.1) is 10.1 Å². The van der Waals surface area contributed by atoms with Gasteiger partial charge >= 0.3 is 0 Å². The van der Waals surface area contributed by atoms with Crippen LogP contribution in [0.5, 0.6) is 0 Å². The molecule has 0 spiro atoms. The molecule has 3 amide bonds. The molecule has 1 unspecified atom stereocenters. The molecule has 0 bridgehead atoms. The molecule has 0 saturated carbocycles. The van der Waals surface area contributed by atoms with E-state index in [0.29, 0.717) is 5.56 Å². The first kappa shape index (κ1) is 23.4. The third-order valence-corrected chi connectivity index (χ3v) is 4.98. The number of non-ortho nitro benzene ring substituents is 1. The molecule has 0 aliphatic carbocycles. The molecule has 0 heterocycles. The summed E-state index contributed by atoms with van der Waals surface area (Å²) in [7, 11) is 0. The molecule has 10 heteroatoms. The van der Waals surface area contributed by atoms with Gasteiger partial charge in [-0.1, -0.05) is 60.1 Å². The van der Waals surface area contributed by atoms with Gasteiger partial charge in [0.2, 0.25) is 5.91 Å². The van der Waals surface area contributed by atoms with E-state index in [1.807, 2.05) is 0 Å². The zero-order valence-electron chi connectivity index (χ0n) is 17.2. The standard InChI is InChI=1S/C23H19ClN4O5/c24-19-12-5-4-11-18(19)23(31)25-20(15-7-2-1-3-8-15)14-21(29)26-27-22(30)16-9-6-10-17(13-16)28(32)33/h1-13,20H,14H2,(H,25,31)(H,26,29)(H,27,30). The van der Waals surface area contributed by atoms with Crippen LogP contribution in [0.15, 0.2) is 78.9 Å². The summed E-state index contributed by atoms with van der Waals surface area (Å²) in [6.07, 6.45) is -0.185. The fourth-order valence-electron chi connectivity index (χ4n) is 3.01. The van der Waals surface area contributed by atoms with E-state index in [1.165, 1.54) is 18.2 Å². The van der Waals surface area contributed by atoms with E-state index in [0.717, 1.165) is 6.07 Å². The van der Waals surface area contributed by atoms with Gasteiger partial charge in [0.25, 0.3) is 17.5 Å². The van der Waals surface area contributed by atoms with Crippen molar-refractivity contribution in [1.29, 1.82) is 0 Å². The van der Waals surface area contributed by atoms with E-state index >= 15 is 0 Å². The summed E-state index contributed by atoms with van der Waals surface area (Å²) in [6.45, 7) is 0. The van der Waals surface area contributed by atoms with Crippen LogP contribution in [0.2, 0.25) is 5.02 Å². The molecule has 9 nitrogen and oxygen atoms in total. The molecule has 3 N–H and O–H groups in total. The Kier molecular flexibility index (Phi) is 7.72. The molecule has 3 aromatic carbocycles. The van der Waals surface area contributed by atoms with Crippen molar-refractivity contribution >= 4 is 35.0 Å². The molecule has 33 heavy (non-hydrogen) atoms. The molecule has 0 aromatic heterocycles. The number of nitrogens with zero attached hydrogens (tertiary/aromatic N) is 1. The lowest BCUT2D eigenvalue weighted by Gasteiger charge is -2.19. The lowest BCUT2D eigenvalue weighted by molar-refractivity contribution is -0.384. The number of carbonyl (C=O) groups excluding carboxylic acids is 3. The van der Waals surface area contributed by atoms with E-state index < -0.39 is 28.7 Å². The summed E-state index contributed by atoms with van der Waals surface area (Å²) in [5, 5.41) is 13.9. The first-order valence-corrected chi connectivity index (χ1v) is 10.2. The number of halogens is 1. The van der Waals surface area contributed by atoms with Crippen LogP contribution in [-0.2, 0) is 4.79 Å². The average Bonchev–Trinajstić information content (AvgIpc) is 2.83. The summed E-state index contributed by atoms with van der Waals surface area (Å²) in [4.78, 5) is 47.7. The summed E-state index contributed by atoms with van der Waals surface area (Å²) < 4.78 is 0. The summed E-state index contributed by atoms with van der Waals surface area (Å²) in [6, 6.07) is 19.8. The second-order valence-electron chi connectivity index (χ2n) is 6.93. The van der Waals surface area contributed by atoms with Gasteiger partial charge in [0.1, 0.15) is 0 Å². The second kappa shape index (κ2) is 10.9. The van der Waals surface area contributed by atoms with Gasteiger partial charge in [-0.2, -0.15) is 0 Å². The first-order chi connectivity index (χ1) is 15.8. The lowest BCUT2D eigenvalue weighted by Crippen LogP contribution is -2.43. The number of hydrazine groups is 1. The quantitative estimate of drug-likeness (QED) is 0.362. The number of carbonyl (C=O) groups is 3. The van der Waals surface area contributed by atoms with Crippen LogP contribution < -0.4 is 16.2 Å². The molecular weight excluding hydrogens is 448 g/mol. The molecule has 0 radical (unpaired) electrons. The normalized spacial score (nSPS) is 11.2. The number of amides is 3. The van der Waals surface area contributed by atoms with Crippen LogP contribution in [0.25, 0.3) is 0 Å². The van der Waals surface area contributed by atoms with Crippen LogP contribution >= 0.6 is 11.6 Å². The smallest absolute Gasteiger partial charge is 0.270 e. The van der Waals surface area contributed by atoms with Crippen molar-refractivity contribution in [3.05, 3.63) is 111 Å². The third kappa shape index (κ3) is 6.37. The highest BCUT2D eigenvalue weighted by Crippen LogP contribution is 2.20. The Labute approximate surface area is 193 Å². The van der Waals surface area contributed by atoms with E-state index in [-0.39, 0.29) is 28.3 Å². The fourth-order valence-corrected chi connectivity index (χ4v) is 3.24. The summed E-state index contributed by atoms with van der Waals surface area (Å²) in [5.74, 6) is -1.76. The minimum atomic E-state index is -0.719. The number of benzene rings is 3. The summed E-state index contributed by atoms with van der Waals surface area (Å²) in [5.41, 5.74) is 5.19. The van der Waals surface area contributed by atoms with Crippen molar-refractivity contribution in [1.82, 2.24) is 16.2 Å². The largest absolute Gasteiger partial charge is 0.345 e. The van der Waals surface area contributed by atoms with Crippen molar-refractivity contribution in [2.24, 2.45) is 0 Å². The van der Waals surface area contributed by atoms with Crippen LogP contribution in [-0.4, -0.2) is 22.6 Å². The highest BCUT2D eigenvalue weighted by Gasteiger charge is 2.21. The molecule has 1 atom stereocenters. The lowest BCUT2D eigenvalue weighted by atomic mass is 10.0. The Bertz CT molecular complexity index is 1190. The van der Waals surface area contributed by atoms with Crippen molar-refractivity contribution in [2.45, 2.75) is 12.5 Å². The van der Waals surface area contributed by atoms with E-state index in [4.69, 9.17) is 11.6 Å². The maximum absolute atomic E-state index is 12.7. The van der Waals surface area contributed by atoms with Crippen LogP contribution in [0.1, 0.15) is 38.7 Å². The van der Waals surface area contributed by atoms with Gasteiger partial charge in [0, 0.05) is 17.7 Å². The number of hydrogen-bond acceptors (Lipinski definition) is 5. The van der Waals surface area contributed by atoms with Gasteiger partial charge in [0.05, 0.1) is 28.0 Å². The predicted molar refractivity (Wildman–Crippen MR) is 121 cm³/mol. The molecule has 0 saturated heterocycles. The Morgan fingerprint density at radius 2 is 1.58 bits per heavy atom. The molecule has 0 aliphatic heterocycles.